The van der Waals surface area contributed by atoms with E-state index in [2.05, 4.69) is 0 Å². The Kier molecular flexibility index (Phi) is 1.99. The van der Waals surface area contributed by atoms with Crippen molar-refractivity contribution in [3.05, 3.63) is 0 Å². The van der Waals surface area contributed by atoms with Crippen LogP contribution in [0.2, 0.25) is 0 Å². The summed E-state index contributed by atoms with van der Waals surface area (Å²) in [6, 6.07) is 0.128. The van der Waals surface area contributed by atoms with Crippen molar-refractivity contribution in [1.29, 1.82) is 0 Å². The highest BCUT2D eigenvalue weighted by Crippen LogP contribution is 2.39. The normalized spacial score (nSPS) is 39.9. The molecule has 0 aromatic heterocycles. The molecule has 0 radical (unpaired) electrons. The molecule has 0 spiro atoms. The Hall–Kier alpha value is -0.110. The topological polar surface area (TPSA) is 26.0 Å². The van der Waals surface area contributed by atoms with Gasteiger partial charge in [-0.3, -0.25) is 0 Å². The molecular formula is C8H16FN. The molecule has 60 valence electrons. The average Bonchev–Trinajstić information content (AvgIpc) is 1.57. The van der Waals surface area contributed by atoms with Gasteiger partial charge in [0.25, 0.3) is 0 Å². The van der Waals surface area contributed by atoms with Crippen molar-refractivity contribution in [3.8, 4) is 0 Å². The third-order valence-electron chi connectivity index (χ3n) is 2.03. The van der Waals surface area contributed by atoms with Gasteiger partial charge in [-0.2, -0.15) is 0 Å². The van der Waals surface area contributed by atoms with Crippen LogP contribution in [0.1, 0.15) is 33.1 Å². The number of alkyl halides is 1. The molecule has 1 rings (SSSR count). The predicted octanol–water partition coefficient (Wildman–Crippen LogP) is 1.86. The summed E-state index contributed by atoms with van der Waals surface area (Å²) in [5.74, 6) is 0.456. The van der Waals surface area contributed by atoms with Gasteiger partial charge in [-0.1, -0.05) is 13.8 Å². The minimum Gasteiger partial charge on any atom is -0.327 e. The van der Waals surface area contributed by atoms with Crippen LogP contribution < -0.4 is 5.73 Å². The average molecular weight is 145 g/mol. The van der Waals surface area contributed by atoms with Gasteiger partial charge in [0.2, 0.25) is 0 Å². The van der Waals surface area contributed by atoms with E-state index in [0.29, 0.717) is 25.2 Å². The third-order valence-corrected chi connectivity index (χ3v) is 2.03. The molecule has 1 saturated carbocycles. The van der Waals surface area contributed by atoms with E-state index >= 15 is 0 Å². The van der Waals surface area contributed by atoms with Crippen LogP contribution in [0.5, 0.6) is 0 Å². The zero-order valence-electron chi connectivity index (χ0n) is 6.73. The minimum absolute atomic E-state index is 0.128. The molecule has 0 heterocycles. The highest BCUT2D eigenvalue weighted by molar-refractivity contribution is 4.97. The Balaban J connectivity index is 2.27. The van der Waals surface area contributed by atoms with E-state index in [-0.39, 0.29) is 6.04 Å². The molecule has 0 saturated heterocycles. The Labute approximate surface area is 61.8 Å². The maximum atomic E-state index is 13.3. The van der Waals surface area contributed by atoms with Crippen molar-refractivity contribution in [2.24, 2.45) is 11.7 Å². The number of rotatable bonds is 2. The summed E-state index contributed by atoms with van der Waals surface area (Å²) in [6.07, 6.45) is 1.83. The molecule has 0 aromatic carbocycles. The fraction of sp³-hybridized carbons (Fsp3) is 1.00. The van der Waals surface area contributed by atoms with Crippen LogP contribution in [-0.4, -0.2) is 11.7 Å². The lowest BCUT2D eigenvalue weighted by atomic mass is 9.73. The Morgan fingerprint density at radius 1 is 1.60 bits per heavy atom. The summed E-state index contributed by atoms with van der Waals surface area (Å²) < 4.78 is 13.3. The molecule has 2 heteroatoms. The quantitative estimate of drug-likeness (QED) is 0.630. The molecule has 2 N–H and O–H groups in total. The second-order valence-corrected chi connectivity index (χ2v) is 3.92. The van der Waals surface area contributed by atoms with Gasteiger partial charge in [-0.15, -0.1) is 0 Å². The third kappa shape index (κ3) is 1.69. The van der Waals surface area contributed by atoms with Gasteiger partial charge < -0.3 is 5.73 Å². The molecule has 0 bridgehead atoms. The van der Waals surface area contributed by atoms with Gasteiger partial charge in [0.05, 0.1) is 0 Å². The summed E-state index contributed by atoms with van der Waals surface area (Å²) >= 11 is 0. The lowest BCUT2D eigenvalue weighted by Crippen LogP contribution is -2.48. The van der Waals surface area contributed by atoms with Crippen LogP contribution in [0, 0.1) is 5.92 Å². The molecule has 1 aliphatic rings. The van der Waals surface area contributed by atoms with Crippen molar-refractivity contribution in [1.82, 2.24) is 0 Å². The number of hydrogen-bond acceptors (Lipinski definition) is 1. The summed E-state index contributed by atoms with van der Waals surface area (Å²) in [7, 11) is 0. The van der Waals surface area contributed by atoms with E-state index in [1.54, 1.807) is 0 Å². The van der Waals surface area contributed by atoms with Crippen LogP contribution in [0.15, 0.2) is 0 Å². The van der Waals surface area contributed by atoms with Crippen LogP contribution in [0.25, 0.3) is 0 Å². The lowest BCUT2D eigenvalue weighted by molar-refractivity contribution is 0.0231. The maximum Gasteiger partial charge on any atom is 0.114 e. The van der Waals surface area contributed by atoms with Crippen LogP contribution in [0.3, 0.4) is 0 Å². The van der Waals surface area contributed by atoms with Gasteiger partial charge in [0, 0.05) is 6.04 Å². The van der Waals surface area contributed by atoms with Crippen molar-refractivity contribution in [2.75, 3.05) is 0 Å². The van der Waals surface area contributed by atoms with Crippen LogP contribution in [0.4, 0.5) is 4.39 Å². The molecule has 0 amide bonds. The van der Waals surface area contributed by atoms with E-state index in [1.165, 1.54) is 0 Å². The standard InChI is InChI=1S/C8H16FN/c1-6(2)3-8(9)4-7(10)5-8/h6-7H,3-5,10H2,1-2H3. The summed E-state index contributed by atoms with van der Waals surface area (Å²) in [5.41, 5.74) is 4.58. The first-order valence-electron chi connectivity index (χ1n) is 3.96. The second kappa shape index (κ2) is 2.50. The maximum absolute atomic E-state index is 13.3. The minimum atomic E-state index is -0.909. The lowest BCUT2D eigenvalue weighted by Gasteiger charge is -2.40. The molecule has 1 nitrogen and oxygen atoms in total. The largest absolute Gasteiger partial charge is 0.327 e. The summed E-state index contributed by atoms with van der Waals surface area (Å²) in [4.78, 5) is 0. The van der Waals surface area contributed by atoms with Gasteiger partial charge >= 0.3 is 0 Å². The first-order valence-corrected chi connectivity index (χ1v) is 3.96. The van der Waals surface area contributed by atoms with Gasteiger partial charge in [-0.05, 0) is 25.2 Å². The highest BCUT2D eigenvalue weighted by atomic mass is 19.1. The number of nitrogens with two attached hydrogens (primary N) is 1. The monoisotopic (exact) mass is 145 g/mol. The van der Waals surface area contributed by atoms with Crippen molar-refractivity contribution in [2.45, 2.75) is 44.8 Å². The van der Waals surface area contributed by atoms with Gasteiger partial charge in [0.15, 0.2) is 0 Å². The predicted molar refractivity (Wildman–Crippen MR) is 40.5 cm³/mol. The molecule has 10 heavy (non-hydrogen) atoms. The highest BCUT2D eigenvalue weighted by Gasteiger charge is 2.42. The SMILES string of the molecule is CC(C)CC1(F)CC(N)C1. The Morgan fingerprint density at radius 3 is 2.40 bits per heavy atom. The van der Waals surface area contributed by atoms with Crippen molar-refractivity contribution >= 4 is 0 Å². The molecule has 0 unspecified atom stereocenters. The van der Waals surface area contributed by atoms with E-state index in [4.69, 9.17) is 5.73 Å². The first kappa shape index (κ1) is 7.99. The molecule has 1 fully saturated rings. The van der Waals surface area contributed by atoms with Gasteiger partial charge in [-0.25, -0.2) is 4.39 Å². The molecular weight excluding hydrogens is 129 g/mol. The van der Waals surface area contributed by atoms with E-state index in [0.717, 1.165) is 0 Å². The van der Waals surface area contributed by atoms with E-state index in [1.807, 2.05) is 13.8 Å². The molecule has 0 aromatic rings. The Bertz CT molecular complexity index is 116. The zero-order valence-corrected chi connectivity index (χ0v) is 6.73. The fourth-order valence-corrected chi connectivity index (χ4v) is 1.78. The zero-order chi connectivity index (χ0) is 7.78. The number of halogens is 1. The van der Waals surface area contributed by atoms with E-state index < -0.39 is 5.67 Å². The van der Waals surface area contributed by atoms with E-state index in [9.17, 15) is 4.39 Å². The second-order valence-electron chi connectivity index (χ2n) is 3.92. The van der Waals surface area contributed by atoms with Crippen LogP contribution >= 0.6 is 0 Å². The molecule has 0 aliphatic heterocycles. The number of hydrogen-bond donors (Lipinski definition) is 1. The van der Waals surface area contributed by atoms with Gasteiger partial charge in [0.1, 0.15) is 5.67 Å². The van der Waals surface area contributed by atoms with Crippen molar-refractivity contribution < 1.29 is 4.39 Å². The summed E-state index contributed by atoms with van der Waals surface area (Å²) in [5, 5.41) is 0. The summed E-state index contributed by atoms with van der Waals surface area (Å²) in [6.45, 7) is 4.09. The van der Waals surface area contributed by atoms with Crippen LogP contribution in [-0.2, 0) is 0 Å². The fourth-order valence-electron chi connectivity index (χ4n) is 1.78. The molecule has 1 aliphatic carbocycles. The smallest absolute Gasteiger partial charge is 0.114 e. The first-order chi connectivity index (χ1) is 4.52. The van der Waals surface area contributed by atoms with Crippen molar-refractivity contribution in [3.63, 3.8) is 0 Å². The Morgan fingerprint density at radius 2 is 2.10 bits per heavy atom. The molecule has 0 atom stereocenters.